The summed E-state index contributed by atoms with van der Waals surface area (Å²) in [6, 6.07) is 9.20. The Morgan fingerprint density at radius 1 is 1.18 bits per heavy atom. The number of thiazole rings is 1. The van der Waals surface area contributed by atoms with Crippen LogP contribution in [0.1, 0.15) is 27.0 Å². The van der Waals surface area contributed by atoms with Crippen molar-refractivity contribution in [2.45, 2.75) is 6.92 Å². The van der Waals surface area contributed by atoms with Crippen LogP contribution in [-0.4, -0.2) is 23.5 Å². The van der Waals surface area contributed by atoms with E-state index in [0.29, 0.717) is 32.9 Å². The molecular weight excluding hydrogens is 423 g/mol. The molecule has 2 heterocycles. The third-order valence-corrected chi connectivity index (χ3v) is 6.51. The molecular formula is C19H12ClFN2O3S2. The zero-order valence-corrected chi connectivity index (χ0v) is 16.8. The summed E-state index contributed by atoms with van der Waals surface area (Å²) in [5.41, 5.74) is 1.07. The SMILES string of the molecule is CCOC(=O)c1ccc2nc(NC(=O)c3sc4cc(F)ccc4c3Cl)sc2c1. The Bertz CT molecular complexity index is 1230. The van der Waals surface area contributed by atoms with Crippen molar-refractivity contribution in [2.75, 3.05) is 11.9 Å². The first-order valence-electron chi connectivity index (χ1n) is 8.23. The van der Waals surface area contributed by atoms with Crippen molar-refractivity contribution in [1.29, 1.82) is 0 Å². The van der Waals surface area contributed by atoms with Crippen molar-refractivity contribution < 1.29 is 18.7 Å². The van der Waals surface area contributed by atoms with E-state index < -0.39 is 11.9 Å². The van der Waals surface area contributed by atoms with Crippen LogP contribution in [0.15, 0.2) is 36.4 Å². The van der Waals surface area contributed by atoms with Gasteiger partial charge >= 0.3 is 5.97 Å². The van der Waals surface area contributed by atoms with E-state index in [1.54, 1.807) is 31.2 Å². The number of carbonyl (C=O) groups is 2. The Labute approximate surface area is 171 Å². The minimum Gasteiger partial charge on any atom is -0.462 e. The number of amides is 1. The third kappa shape index (κ3) is 3.46. The Balaban J connectivity index is 1.62. The molecule has 0 aliphatic rings. The number of hydrogen-bond acceptors (Lipinski definition) is 6. The molecule has 0 aliphatic heterocycles. The normalized spacial score (nSPS) is 11.1. The number of aromatic nitrogens is 1. The molecule has 28 heavy (non-hydrogen) atoms. The second-order valence-corrected chi connectivity index (χ2v) is 8.22. The average Bonchev–Trinajstić information content (AvgIpc) is 3.21. The van der Waals surface area contributed by atoms with Gasteiger partial charge in [0.1, 0.15) is 10.7 Å². The van der Waals surface area contributed by atoms with Crippen LogP contribution < -0.4 is 5.32 Å². The van der Waals surface area contributed by atoms with Crippen LogP contribution in [0.4, 0.5) is 9.52 Å². The smallest absolute Gasteiger partial charge is 0.338 e. The van der Waals surface area contributed by atoms with Crippen molar-refractivity contribution in [3.8, 4) is 0 Å². The largest absolute Gasteiger partial charge is 0.462 e. The predicted molar refractivity (Wildman–Crippen MR) is 110 cm³/mol. The minimum absolute atomic E-state index is 0.281. The summed E-state index contributed by atoms with van der Waals surface area (Å²) in [6.07, 6.45) is 0. The van der Waals surface area contributed by atoms with E-state index in [1.165, 1.54) is 23.5 Å². The van der Waals surface area contributed by atoms with E-state index in [-0.39, 0.29) is 15.7 Å². The van der Waals surface area contributed by atoms with E-state index in [4.69, 9.17) is 16.3 Å². The van der Waals surface area contributed by atoms with Crippen molar-refractivity contribution in [1.82, 2.24) is 4.98 Å². The van der Waals surface area contributed by atoms with Crippen LogP contribution in [0.3, 0.4) is 0 Å². The van der Waals surface area contributed by atoms with Crippen molar-refractivity contribution >= 4 is 71.6 Å². The van der Waals surface area contributed by atoms with Crippen LogP contribution in [0.5, 0.6) is 0 Å². The van der Waals surface area contributed by atoms with Crippen LogP contribution in [-0.2, 0) is 4.74 Å². The van der Waals surface area contributed by atoms with E-state index in [0.717, 1.165) is 16.0 Å². The fraction of sp³-hybridized carbons (Fsp3) is 0.105. The highest BCUT2D eigenvalue weighted by atomic mass is 35.5. The van der Waals surface area contributed by atoms with Crippen molar-refractivity contribution in [3.63, 3.8) is 0 Å². The Morgan fingerprint density at radius 2 is 2.00 bits per heavy atom. The van der Waals surface area contributed by atoms with Gasteiger partial charge in [-0.05, 0) is 43.3 Å². The number of carbonyl (C=O) groups excluding carboxylic acids is 2. The summed E-state index contributed by atoms with van der Waals surface area (Å²) in [5.74, 6) is -1.22. The molecule has 2 aromatic carbocycles. The first-order chi connectivity index (χ1) is 13.5. The van der Waals surface area contributed by atoms with Crippen molar-refractivity contribution in [3.05, 3.63) is 57.7 Å². The average molecular weight is 435 g/mol. The maximum absolute atomic E-state index is 13.4. The Morgan fingerprint density at radius 3 is 2.79 bits per heavy atom. The summed E-state index contributed by atoms with van der Waals surface area (Å²) in [4.78, 5) is 29.1. The van der Waals surface area contributed by atoms with Gasteiger partial charge in [-0.1, -0.05) is 22.9 Å². The van der Waals surface area contributed by atoms with Crippen LogP contribution in [0.25, 0.3) is 20.3 Å². The Hall–Kier alpha value is -2.55. The van der Waals surface area contributed by atoms with Crippen LogP contribution >= 0.6 is 34.3 Å². The van der Waals surface area contributed by atoms with Crippen molar-refractivity contribution in [2.24, 2.45) is 0 Å². The van der Waals surface area contributed by atoms with E-state index in [1.807, 2.05) is 0 Å². The van der Waals surface area contributed by atoms with Gasteiger partial charge in [-0.2, -0.15) is 0 Å². The number of anilines is 1. The number of halogens is 2. The molecule has 4 rings (SSSR count). The number of rotatable bonds is 4. The molecule has 2 aromatic heterocycles. The number of esters is 1. The maximum Gasteiger partial charge on any atom is 0.338 e. The third-order valence-electron chi connectivity index (χ3n) is 3.92. The molecule has 0 unspecified atom stereocenters. The molecule has 0 atom stereocenters. The van der Waals surface area contributed by atoms with Gasteiger partial charge in [0.15, 0.2) is 5.13 Å². The summed E-state index contributed by atoms with van der Waals surface area (Å²) in [5, 5.41) is 4.01. The second-order valence-electron chi connectivity index (χ2n) is 5.76. The molecule has 1 N–H and O–H groups in total. The second kappa shape index (κ2) is 7.46. The summed E-state index contributed by atoms with van der Waals surface area (Å²) in [6.45, 7) is 2.03. The molecule has 0 saturated carbocycles. The topological polar surface area (TPSA) is 68.3 Å². The molecule has 0 spiro atoms. The number of nitrogens with zero attached hydrogens (tertiary/aromatic N) is 1. The summed E-state index contributed by atoms with van der Waals surface area (Å²) in [7, 11) is 0. The monoisotopic (exact) mass is 434 g/mol. The lowest BCUT2D eigenvalue weighted by Gasteiger charge is -2.00. The number of hydrogen-bond donors (Lipinski definition) is 1. The van der Waals surface area contributed by atoms with Gasteiger partial charge < -0.3 is 4.74 Å². The van der Waals surface area contributed by atoms with Gasteiger partial charge in [-0.15, -0.1) is 11.3 Å². The van der Waals surface area contributed by atoms with Gasteiger partial charge in [0, 0.05) is 10.1 Å². The lowest BCUT2D eigenvalue weighted by Crippen LogP contribution is -2.10. The molecule has 0 aliphatic carbocycles. The quantitative estimate of drug-likeness (QED) is 0.416. The number of ether oxygens (including phenoxy) is 1. The molecule has 0 saturated heterocycles. The van der Waals surface area contributed by atoms with Crippen LogP contribution in [0.2, 0.25) is 5.02 Å². The van der Waals surface area contributed by atoms with Gasteiger partial charge in [-0.3, -0.25) is 10.1 Å². The minimum atomic E-state index is -0.420. The number of nitrogens with one attached hydrogen (secondary N) is 1. The molecule has 1 amide bonds. The molecule has 5 nitrogen and oxygen atoms in total. The van der Waals surface area contributed by atoms with E-state index >= 15 is 0 Å². The first-order valence-corrected chi connectivity index (χ1v) is 10.2. The van der Waals surface area contributed by atoms with E-state index in [2.05, 4.69) is 10.3 Å². The summed E-state index contributed by atoms with van der Waals surface area (Å²) < 4.78 is 19.7. The highest BCUT2D eigenvalue weighted by molar-refractivity contribution is 7.23. The van der Waals surface area contributed by atoms with Gasteiger partial charge in [-0.25, -0.2) is 14.2 Å². The number of thiophene rings is 1. The summed E-state index contributed by atoms with van der Waals surface area (Å²) >= 11 is 8.64. The highest BCUT2D eigenvalue weighted by Crippen LogP contribution is 2.36. The molecule has 142 valence electrons. The standard InChI is InChI=1S/C19H12ClFN2O3S2/c1-2-26-18(25)9-3-6-12-14(7-9)28-19(22-12)23-17(24)16-15(20)11-5-4-10(21)8-13(11)27-16/h3-8H,2H2,1H3,(H,22,23,24). The fourth-order valence-corrected chi connectivity index (χ4v) is 5.00. The number of fused-ring (bicyclic) bond motifs is 2. The molecule has 4 aromatic rings. The van der Waals surface area contributed by atoms with Gasteiger partial charge in [0.2, 0.25) is 0 Å². The lowest BCUT2D eigenvalue weighted by atomic mass is 10.2. The molecule has 9 heteroatoms. The predicted octanol–water partition coefficient (Wildman–Crippen LogP) is 5.73. The number of benzene rings is 2. The van der Waals surface area contributed by atoms with Gasteiger partial charge in [0.25, 0.3) is 5.91 Å². The van der Waals surface area contributed by atoms with Crippen LogP contribution in [0, 0.1) is 5.82 Å². The Kier molecular flexibility index (Phi) is 5.01. The zero-order chi connectivity index (χ0) is 19.8. The van der Waals surface area contributed by atoms with Gasteiger partial charge in [0.05, 0.1) is 27.4 Å². The molecule has 0 fully saturated rings. The maximum atomic E-state index is 13.4. The highest BCUT2D eigenvalue weighted by Gasteiger charge is 2.19. The first kappa shape index (κ1) is 18.8. The lowest BCUT2D eigenvalue weighted by molar-refractivity contribution is 0.0526. The van der Waals surface area contributed by atoms with E-state index in [9.17, 15) is 14.0 Å². The molecule has 0 bridgehead atoms. The fourth-order valence-electron chi connectivity index (χ4n) is 2.66. The molecule has 0 radical (unpaired) electrons. The zero-order valence-electron chi connectivity index (χ0n) is 14.4.